The molecule has 1 amide bonds. The molecule has 63 heavy (non-hydrogen) atoms. The summed E-state index contributed by atoms with van der Waals surface area (Å²) >= 11 is 0. The Labute approximate surface area is 392 Å². The zero-order chi connectivity index (χ0) is 45.8. The van der Waals surface area contributed by atoms with Gasteiger partial charge in [-0.2, -0.15) is 0 Å². The molecule has 0 fully saturated rings. The first-order valence-electron chi connectivity index (χ1n) is 28.1. The SMILES string of the molecule is CCCCCC/C=C\CCCCCCCC(=O)OCCCCCCCCCCCCCCCCCCCCCCCCC(=O)NC(CO)C(O)/C=C/CCCCCCCCCCC. The Morgan fingerprint density at radius 3 is 1.14 bits per heavy atom. The quantitative estimate of drug-likeness (QED) is 0.0321. The molecule has 0 aromatic carbocycles. The molecule has 2 atom stereocenters. The number of rotatable bonds is 52. The van der Waals surface area contributed by atoms with Gasteiger partial charge in [0.05, 0.1) is 25.4 Å². The van der Waals surface area contributed by atoms with Crippen molar-refractivity contribution in [2.75, 3.05) is 13.2 Å². The van der Waals surface area contributed by atoms with E-state index in [-0.39, 0.29) is 18.5 Å². The number of nitrogens with one attached hydrogen (secondary N) is 1. The predicted octanol–water partition coefficient (Wildman–Crippen LogP) is 17.1. The highest BCUT2D eigenvalue weighted by atomic mass is 16.5. The molecule has 0 bridgehead atoms. The number of ether oxygens (including phenoxy) is 1. The average Bonchev–Trinajstić information content (AvgIpc) is 3.28. The number of aliphatic hydroxyl groups excluding tert-OH is 2. The van der Waals surface area contributed by atoms with Crippen LogP contribution in [0.4, 0.5) is 0 Å². The van der Waals surface area contributed by atoms with Crippen LogP contribution in [0.2, 0.25) is 0 Å². The van der Waals surface area contributed by atoms with Crippen molar-refractivity contribution in [3.05, 3.63) is 24.3 Å². The number of hydrogen-bond acceptors (Lipinski definition) is 5. The van der Waals surface area contributed by atoms with Crippen LogP contribution in [-0.2, 0) is 14.3 Å². The number of carbonyl (C=O) groups is 2. The lowest BCUT2D eigenvalue weighted by molar-refractivity contribution is -0.143. The van der Waals surface area contributed by atoms with Gasteiger partial charge in [0.15, 0.2) is 0 Å². The molecule has 3 N–H and O–H groups in total. The highest BCUT2D eigenvalue weighted by molar-refractivity contribution is 5.76. The summed E-state index contributed by atoms with van der Waals surface area (Å²) in [5.41, 5.74) is 0. The first kappa shape index (κ1) is 61.3. The smallest absolute Gasteiger partial charge is 0.305 e. The standard InChI is InChI=1S/C57H109NO5/c1-3-5-7-9-11-13-15-26-31-35-39-43-47-51-57(62)63-52-48-44-40-36-32-28-25-23-21-19-17-16-18-20-22-24-27-30-34-38-42-46-50-56(61)58-54(53-59)55(60)49-45-41-37-33-29-14-12-10-8-6-4-2/h13,15,45,49,54-55,59-60H,3-12,14,16-44,46-48,50-53H2,1-2H3,(H,58,61)/b15-13-,49-45+. The van der Waals surface area contributed by atoms with Gasteiger partial charge in [-0.3, -0.25) is 9.59 Å². The maximum absolute atomic E-state index is 12.4. The van der Waals surface area contributed by atoms with Gasteiger partial charge in [-0.05, 0) is 57.8 Å². The van der Waals surface area contributed by atoms with Crippen molar-refractivity contribution in [2.45, 2.75) is 315 Å². The topological polar surface area (TPSA) is 95.9 Å². The fourth-order valence-corrected chi connectivity index (χ4v) is 8.63. The van der Waals surface area contributed by atoms with Gasteiger partial charge in [0, 0.05) is 12.8 Å². The zero-order valence-electron chi connectivity index (χ0n) is 42.3. The molecular weight excluding hydrogens is 779 g/mol. The van der Waals surface area contributed by atoms with Crippen LogP contribution in [0.1, 0.15) is 303 Å². The maximum atomic E-state index is 12.4. The van der Waals surface area contributed by atoms with Gasteiger partial charge in [0.2, 0.25) is 5.91 Å². The van der Waals surface area contributed by atoms with Crippen molar-refractivity contribution >= 4 is 11.9 Å². The molecule has 0 spiro atoms. The molecule has 372 valence electrons. The fraction of sp³-hybridized carbons (Fsp3) is 0.895. The summed E-state index contributed by atoms with van der Waals surface area (Å²) in [6.45, 7) is 4.88. The Morgan fingerprint density at radius 2 is 0.746 bits per heavy atom. The monoisotopic (exact) mass is 888 g/mol. The molecule has 0 aliphatic carbocycles. The summed E-state index contributed by atoms with van der Waals surface area (Å²) in [5, 5.41) is 23.0. The van der Waals surface area contributed by atoms with Crippen molar-refractivity contribution in [3.8, 4) is 0 Å². The summed E-state index contributed by atoms with van der Waals surface area (Å²) in [4.78, 5) is 24.4. The second-order valence-electron chi connectivity index (χ2n) is 19.3. The predicted molar refractivity (Wildman–Crippen MR) is 273 cm³/mol. The third kappa shape index (κ3) is 49.6. The minimum Gasteiger partial charge on any atom is -0.466 e. The van der Waals surface area contributed by atoms with E-state index in [0.717, 1.165) is 44.9 Å². The van der Waals surface area contributed by atoms with Crippen molar-refractivity contribution in [1.82, 2.24) is 5.32 Å². The van der Waals surface area contributed by atoms with Crippen LogP contribution >= 0.6 is 0 Å². The van der Waals surface area contributed by atoms with Gasteiger partial charge in [0.1, 0.15) is 0 Å². The molecule has 2 unspecified atom stereocenters. The Kier molecular flexibility index (Phi) is 51.6. The molecule has 0 saturated heterocycles. The minimum absolute atomic E-state index is 0.00322. The summed E-state index contributed by atoms with van der Waals surface area (Å²) in [6, 6.07) is -0.626. The lowest BCUT2D eigenvalue weighted by Gasteiger charge is -2.20. The summed E-state index contributed by atoms with van der Waals surface area (Å²) in [7, 11) is 0. The van der Waals surface area contributed by atoms with Gasteiger partial charge < -0.3 is 20.3 Å². The van der Waals surface area contributed by atoms with E-state index in [2.05, 4.69) is 31.3 Å². The number of carbonyl (C=O) groups excluding carboxylic acids is 2. The Bertz CT molecular complexity index is 982. The van der Waals surface area contributed by atoms with Gasteiger partial charge in [-0.1, -0.05) is 256 Å². The second kappa shape index (κ2) is 53.0. The molecule has 0 saturated carbocycles. The lowest BCUT2D eigenvalue weighted by Crippen LogP contribution is -2.45. The molecule has 0 aliphatic heterocycles. The van der Waals surface area contributed by atoms with Gasteiger partial charge in [0.25, 0.3) is 0 Å². The first-order valence-corrected chi connectivity index (χ1v) is 28.1. The lowest BCUT2D eigenvalue weighted by atomic mass is 10.0. The number of aliphatic hydroxyl groups is 2. The molecule has 0 aromatic rings. The largest absolute Gasteiger partial charge is 0.466 e. The number of allylic oxidation sites excluding steroid dienone is 3. The average molecular weight is 889 g/mol. The van der Waals surface area contributed by atoms with Crippen LogP contribution in [0.3, 0.4) is 0 Å². The Balaban J connectivity index is 3.38. The van der Waals surface area contributed by atoms with E-state index < -0.39 is 12.1 Å². The van der Waals surface area contributed by atoms with E-state index >= 15 is 0 Å². The van der Waals surface area contributed by atoms with Crippen molar-refractivity contribution in [3.63, 3.8) is 0 Å². The van der Waals surface area contributed by atoms with Crippen LogP contribution in [0.5, 0.6) is 0 Å². The summed E-state index contributed by atoms with van der Waals surface area (Å²) in [6.07, 6.45) is 63.4. The molecule has 0 radical (unpaired) electrons. The highest BCUT2D eigenvalue weighted by Crippen LogP contribution is 2.17. The summed E-state index contributed by atoms with van der Waals surface area (Å²) in [5.74, 6) is -0.0659. The highest BCUT2D eigenvalue weighted by Gasteiger charge is 2.18. The molecule has 0 rings (SSSR count). The van der Waals surface area contributed by atoms with Gasteiger partial charge >= 0.3 is 5.97 Å². The first-order chi connectivity index (χ1) is 31.0. The molecule has 6 nitrogen and oxygen atoms in total. The van der Waals surface area contributed by atoms with Crippen LogP contribution < -0.4 is 5.32 Å². The second-order valence-corrected chi connectivity index (χ2v) is 19.3. The van der Waals surface area contributed by atoms with Crippen LogP contribution in [0.15, 0.2) is 24.3 Å². The number of esters is 1. The summed E-state index contributed by atoms with van der Waals surface area (Å²) < 4.78 is 5.47. The normalized spacial score (nSPS) is 12.8. The third-order valence-electron chi connectivity index (χ3n) is 13.0. The van der Waals surface area contributed by atoms with E-state index in [1.165, 1.54) is 231 Å². The van der Waals surface area contributed by atoms with Crippen molar-refractivity contribution < 1.29 is 24.5 Å². The Morgan fingerprint density at radius 1 is 0.429 bits per heavy atom. The van der Waals surface area contributed by atoms with Crippen molar-refractivity contribution in [2.24, 2.45) is 0 Å². The van der Waals surface area contributed by atoms with Gasteiger partial charge in [-0.15, -0.1) is 0 Å². The maximum Gasteiger partial charge on any atom is 0.305 e. The molecule has 0 aliphatic rings. The fourth-order valence-electron chi connectivity index (χ4n) is 8.63. The van der Waals surface area contributed by atoms with Crippen LogP contribution in [0, 0.1) is 0 Å². The molecular formula is C57H109NO5. The van der Waals surface area contributed by atoms with E-state index in [9.17, 15) is 19.8 Å². The third-order valence-corrected chi connectivity index (χ3v) is 13.0. The van der Waals surface area contributed by atoms with E-state index in [4.69, 9.17) is 4.74 Å². The molecule has 6 heteroatoms. The number of amides is 1. The van der Waals surface area contributed by atoms with Crippen LogP contribution in [0.25, 0.3) is 0 Å². The molecule has 0 aromatic heterocycles. The zero-order valence-corrected chi connectivity index (χ0v) is 42.3. The van der Waals surface area contributed by atoms with E-state index in [1.54, 1.807) is 6.08 Å². The van der Waals surface area contributed by atoms with Crippen molar-refractivity contribution in [1.29, 1.82) is 0 Å². The van der Waals surface area contributed by atoms with E-state index in [1.807, 2.05) is 6.08 Å². The number of hydrogen-bond donors (Lipinski definition) is 3. The van der Waals surface area contributed by atoms with Gasteiger partial charge in [-0.25, -0.2) is 0 Å². The van der Waals surface area contributed by atoms with E-state index in [0.29, 0.717) is 19.4 Å². The Hall–Kier alpha value is -1.66. The van der Waals surface area contributed by atoms with Crippen LogP contribution in [-0.4, -0.2) is 47.4 Å². The number of unbranched alkanes of at least 4 members (excludes halogenated alkanes) is 39. The minimum atomic E-state index is -0.842. The molecule has 0 heterocycles.